The van der Waals surface area contributed by atoms with E-state index in [0.717, 1.165) is 0 Å². The van der Waals surface area contributed by atoms with Crippen LogP contribution in [0, 0.1) is 11.3 Å². The number of carbonyl (C=O) groups is 2. The molecular formula is C14H14ClNO3. The third-order valence-electron chi connectivity index (χ3n) is 2.51. The average molecular weight is 280 g/mol. The van der Waals surface area contributed by atoms with Crippen molar-refractivity contribution in [1.82, 2.24) is 0 Å². The normalized spacial score (nSPS) is 9.74. The number of esters is 1. The largest absolute Gasteiger partial charge is 0.466 e. The minimum Gasteiger partial charge on any atom is -0.466 e. The Morgan fingerprint density at radius 3 is 2.74 bits per heavy atom. The number of hydrogen-bond acceptors (Lipinski definition) is 4. The molecule has 0 aliphatic rings. The maximum absolute atomic E-state index is 11.7. The molecule has 1 aromatic carbocycles. The van der Waals surface area contributed by atoms with E-state index in [1.54, 1.807) is 19.1 Å². The standard InChI is InChI=1S/C14H14ClNO3/c1-2-19-14(18)8-10-3-4-11(7-12(10)9-16)13(17)5-6-15/h3-4,7H,2,5-6,8H2,1H3. The van der Waals surface area contributed by atoms with E-state index in [0.29, 0.717) is 23.3 Å². The van der Waals surface area contributed by atoms with Crippen molar-refractivity contribution >= 4 is 23.4 Å². The molecule has 1 rings (SSSR count). The molecule has 19 heavy (non-hydrogen) atoms. The molecule has 0 radical (unpaired) electrons. The summed E-state index contributed by atoms with van der Waals surface area (Å²) < 4.78 is 4.83. The van der Waals surface area contributed by atoms with Crippen LogP contribution in [0.25, 0.3) is 0 Å². The third kappa shape index (κ3) is 4.38. The van der Waals surface area contributed by atoms with Gasteiger partial charge in [0.25, 0.3) is 0 Å². The molecule has 0 saturated carbocycles. The molecule has 0 amide bonds. The van der Waals surface area contributed by atoms with Crippen molar-refractivity contribution < 1.29 is 14.3 Å². The van der Waals surface area contributed by atoms with Crippen molar-refractivity contribution in [2.24, 2.45) is 0 Å². The highest BCUT2D eigenvalue weighted by Crippen LogP contribution is 2.14. The molecule has 0 heterocycles. The molecule has 5 heteroatoms. The van der Waals surface area contributed by atoms with Gasteiger partial charge in [-0.1, -0.05) is 12.1 Å². The second kappa shape index (κ2) is 7.55. The number of Topliss-reactive ketones (excluding diaryl/α,β-unsaturated/α-hetero) is 1. The van der Waals surface area contributed by atoms with Crippen molar-refractivity contribution in [3.8, 4) is 6.07 Å². The van der Waals surface area contributed by atoms with Gasteiger partial charge in [0.05, 0.1) is 24.7 Å². The summed E-state index contributed by atoms with van der Waals surface area (Å²) in [6.45, 7) is 2.02. The van der Waals surface area contributed by atoms with Crippen LogP contribution in [-0.4, -0.2) is 24.2 Å². The first kappa shape index (κ1) is 15.2. The Hall–Kier alpha value is -1.86. The summed E-state index contributed by atoms with van der Waals surface area (Å²) in [5, 5.41) is 9.06. The first-order valence-electron chi connectivity index (χ1n) is 5.90. The molecule has 4 nitrogen and oxygen atoms in total. The van der Waals surface area contributed by atoms with E-state index in [4.69, 9.17) is 21.6 Å². The molecular weight excluding hydrogens is 266 g/mol. The van der Waals surface area contributed by atoms with Gasteiger partial charge in [0, 0.05) is 17.9 Å². The van der Waals surface area contributed by atoms with Crippen LogP contribution in [0.4, 0.5) is 0 Å². The smallest absolute Gasteiger partial charge is 0.310 e. The lowest BCUT2D eigenvalue weighted by atomic mass is 9.99. The maximum atomic E-state index is 11.7. The Labute approximate surface area is 116 Å². The second-order valence-electron chi connectivity index (χ2n) is 3.83. The van der Waals surface area contributed by atoms with Crippen molar-refractivity contribution in [3.63, 3.8) is 0 Å². The molecule has 0 spiro atoms. The van der Waals surface area contributed by atoms with Crippen LogP contribution in [0.2, 0.25) is 0 Å². The first-order chi connectivity index (χ1) is 9.12. The van der Waals surface area contributed by atoms with E-state index in [1.165, 1.54) is 6.07 Å². The van der Waals surface area contributed by atoms with E-state index >= 15 is 0 Å². The van der Waals surface area contributed by atoms with Gasteiger partial charge in [-0.15, -0.1) is 11.6 Å². The number of ether oxygens (including phenoxy) is 1. The highest BCUT2D eigenvalue weighted by atomic mass is 35.5. The predicted octanol–water partition coefficient (Wildman–Crippen LogP) is 2.48. The average Bonchev–Trinajstić information content (AvgIpc) is 2.39. The van der Waals surface area contributed by atoms with Gasteiger partial charge in [0.1, 0.15) is 0 Å². The van der Waals surface area contributed by atoms with Gasteiger partial charge in [-0.2, -0.15) is 5.26 Å². The van der Waals surface area contributed by atoms with Crippen LogP contribution in [0.5, 0.6) is 0 Å². The molecule has 0 fully saturated rings. The zero-order chi connectivity index (χ0) is 14.3. The summed E-state index contributed by atoms with van der Waals surface area (Å²) in [5.41, 5.74) is 1.31. The molecule has 0 unspecified atom stereocenters. The molecule has 0 aromatic heterocycles. The molecule has 0 atom stereocenters. The third-order valence-corrected chi connectivity index (χ3v) is 2.70. The fraction of sp³-hybridized carbons (Fsp3) is 0.357. The van der Waals surface area contributed by atoms with Crippen molar-refractivity contribution in [2.75, 3.05) is 12.5 Å². The van der Waals surface area contributed by atoms with Gasteiger partial charge >= 0.3 is 5.97 Å². The highest BCUT2D eigenvalue weighted by molar-refractivity contribution is 6.19. The predicted molar refractivity (Wildman–Crippen MR) is 71.2 cm³/mol. The molecule has 100 valence electrons. The fourth-order valence-corrected chi connectivity index (χ4v) is 1.78. The van der Waals surface area contributed by atoms with Crippen LogP contribution in [0.1, 0.15) is 34.8 Å². The summed E-state index contributed by atoms with van der Waals surface area (Å²) in [6, 6.07) is 6.69. The van der Waals surface area contributed by atoms with Crippen LogP contribution in [0.3, 0.4) is 0 Å². The number of nitriles is 1. The SMILES string of the molecule is CCOC(=O)Cc1ccc(C(=O)CCCl)cc1C#N. The molecule has 0 N–H and O–H groups in total. The molecule has 0 saturated heterocycles. The van der Waals surface area contributed by atoms with Crippen LogP contribution in [-0.2, 0) is 16.0 Å². The van der Waals surface area contributed by atoms with E-state index < -0.39 is 0 Å². The lowest BCUT2D eigenvalue weighted by molar-refractivity contribution is -0.142. The number of hydrogen-bond donors (Lipinski definition) is 0. The highest BCUT2D eigenvalue weighted by Gasteiger charge is 2.12. The number of benzene rings is 1. The van der Waals surface area contributed by atoms with Gasteiger partial charge in [-0.05, 0) is 18.6 Å². The van der Waals surface area contributed by atoms with Crippen molar-refractivity contribution in [1.29, 1.82) is 5.26 Å². The lowest BCUT2D eigenvalue weighted by Crippen LogP contribution is -2.09. The number of carbonyl (C=O) groups excluding carboxylic acids is 2. The summed E-state index contributed by atoms with van der Waals surface area (Å²) >= 11 is 5.51. The van der Waals surface area contributed by atoms with Crippen LogP contribution in [0.15, 0.2) is 18.2 Å². The zero-order valence-electron chi connectivity index (χ0n) is 10.6. The minimum absolute atomic E-state index is 0.0285. The molecule has 1 aromatic rings. The van der Waals surface area contributed by atoms with Crippen LogP contribution >= 0.6 is 11.6 Å². The Morgan fingerprint density at radius 2 is 2.16 bits per heavy atom. The number of halogens is 1. The Kier molecular flexibility index (Phi) is 6.04. The Morgan fingerprint density at radius 1 is 1.42 bits per heavy atom. The number of rotatable bonds is 6. The summed E-state index contributed by atoms with van der Waals surface area (Å²) in [7, 11) is 0. The van der Waals surface area contributed by atoms with Crippen molar-refractivity contribution in [2.45, 2.75) is 19.8 Å². The summed E-state index contributed by atoms with van der Waals surface area (Å²) in [4.78, 5) is 23.0. The second-order valence-corrected chi connectivity index (χ2v) is 4.21. The van der Waals surface area contributed by atoms with Gasteiger partial charge in [-0.3, -0.25) is 9.59 Å². The molecule has 0 bridgehead atoms. The molecule has 0 aliphatic heterocycles. The quantitative estimate of drug-likeness (QED) is 0.456. The molecule has 0 aliphatic carbocycles. The van der Waals surface area contributed by atoms with Gasteiger partial charge in [0.2, 0.25) is 0 Å². The maximum Gasteiger partial charge on any atom is 0.310 e. The number of ketones is 1. The topological polar surface area (TPSA) is 67.2 Å². The van der Waals surface area contributed by atoms with Gasteiger partial charge in [0.15, 0.2) is 5.78 Å². The number of nitrogens with zero attached hydrogens (tertiary/aromatic N) is 1. The van der Waals surface area contributed by atoms with E-state index in [-0.39, 0.29) is 30.5 Å². The fourth-order valence-electron chi connectivity index (χ4n) is 1.61. The van der Waals surface area contributed by atoms with E-state index in [1.807, 2.05) is 6.07 Å². The Bertz CT molecular complexity index is 520. The zero-order valence-corrected chi connectivity index (χ0v) is 11.4. The monoisotopic (exact) mass is 279 g/mol. The first-order valence-corrected chi connectivity index (χ1v) is 6.43. The van der Waals surface area contributed by atoms with Crippen LogP contribution < -0.4 is 0 Å². The van der Waals surface area contributed by atoms with E-state index in [9.17, 15) is 9.59 Å². The van der Waals surface area contributed by atoms with Gasteiger partial charge in [-0.25, -0.2) is 0 Å². The Balaban J connectivity index is 2.94. The minimum atomic E-state index is -0.390. The summed E-state index contributed by atoms with van der Waals surface area (Å²) in [6.07, 6.45) is 0.254. The summed E-state index contributed by atoms with van der Waals surface area (Å²) in [5.74, 6) is -0.265. The van der Waals surface area contributed by atoms with Crippen molar-refractivity contribution in [3.05, 3.63) is 34.9 Å². The lowest BCUT2D eigenvalue weighted by Gasteiger charge is -2.06. The van der Waals surface area contributed by atoms with Gasteiger partial charge < -0.3 is 4.74 Å². The number of alkyl halides is 1. The van der Waals surface area contributed by atoms with E-state index in [2.05, 4.69) is 0 Å².